The summed E-state index contributed by atoms with van der Waals surface area (Å²) < 4.78 is 10.4. The van der Waals surface area contributed by atoms with Gasteiger partial charge in [-0.1, -0.05) is 12.1 Å². The Morgan fingerprint density at radius 1 is 1.21 bits per heavy atom. The van der Waals surface area contributed by atoms with Gasteiger partial charge in [-0.15, -0.1) is 0 Å². The van der Waals surface area contributed by atoms with Crippen molar-refractivity contribution in [2.75, 3.05) is 18.5 Å². The lowest BCUT2D eigenvalue weighted by Crippen LogP contribution is -2.22. The predicted octanol–water partition coefficient (Wildman–Crippen LogP) is 3.03. The van der Waals surface area contributed by atoms with Gasteiger partial charge in [-0.05, 0) is 37.1 Å². The maximum Gasteiger partial charge on any atom is 0.309 e. The molecule has 0 radical (unpaired) electrons. The van der Waals surface area contributed by atoms with Gasteiger partial charge in [0, 0.05) is 12.1 Å². The lowest BCUT2D eigenvalue weighted by Gasteiger charge is -2.10. The first-order chi connectivity index (χ1) is 13.8. The second-order valence-electron chi connectivity index (χ2n) is 6.18. The number of hydrogen-bond acceptors (Lipinski definition) is 7. The van der Waals surface area contributed by atoms with E-state index in [0.717, 1.165) is 23.3 Å². The summed E-state index contributed by atoms with van der Waals surface area (Å²) in [4.78, 5) is 33.8. The zero-order chi connectivity index (χ0) is 21.4. The van der Waals surface area contributed by atoms with Gasteiger partial charge in [-0.3, -0.25) is 19.7 Å². The second kappa shape index (κ2) is 9.85. The van der Waals surface area contributed by atoms with E-state index in [4.69, 9.17) is 14.7 Å². The molecule has 9 nitrogen and oxygen atoms in total. The van der Waals surface area contributed by atoms with Crippen molar-refractivity contribution < 1.29 is 24.0 Å². The molecule has 0 heterocycles. The second-order valence-corrected chi connectivity index (χ2v) is 6.18. The van der Waals surface area contributed by atoms with Gasteiger partial charge in [-0.25, -0.2) is 0 Å². The highest BCUT2D eigenvalue weighted by molar-refractivity contribution is 5.94. The number of carbonyl (C=O) groups excluding carboxylic acids is 2. The number of aryl methyl sites for hydroxylation is 2. The number of esters is 1. The number of nitriles is 1. The zero-order valence-electron chi connectivity index (χ0n) is 15.9. The number of hydrogen-bond donors (Lipinski definition) is 1. The normalized spacial score (nSPS) is 9.97. The summed E-state index contributed by atoms with van der Waals surface area (Å²) in [6, 6.07) is 11.0. The molecule has 0 unspecified atom stereocenters. The summed E-state index contributed by atoms with van der Waals surface area (Å²) in [7, 11) is 0. The SMILES string of the molecule is Cc1ccc(C)c(OCCC(=O)OCC(=O)Nc2ccc([N+](=O)[O-])cc2C#N)c1. The first kappa shape index (κ1) is 21.4. The predicted molar refractivity (Wildman–Crippen MR) is 103 cm³/mol. The van der Waals surface area contributed by atoms with Crippen molar-refractivity contribution in [2.45, 2.75) is 20.3 Å². The monoisotopic (exact) mass is 397 g/mol. The number of anilines is 1. The van der Waals surface area contributed by atoms with Crippen LogP contribution in [0.2, 0.25) is 0 Å². The smallest absolute Gasteiger partial charge is 0.309 e. The quantitative estimate of drug-likeness (QED) is 0.411. The largest absolute Gasteiger partial charge is 0.493 e. The Hall–Kier alpha value is -3.93. The fourth-order valence-electron chi connectivity index (χ4n) is 2.36. The molecule has 0 aliphatic rings. The first-order valence-corrected chi connectivity index (χ1v) is 8.64. The molecule has 150 valence electrons. The van der Waals surface area contributed by atoms with E-state index in [0.29, 0.717) is 5.75 Å². The van der Waals surface area contributed by atoms with Crippen LogP contribution in [0.15, 0.2) is 36.4 Å². The van der Waals surface area contributed by atoms with Crippen LogP contribution in [0.4, 0.5) is 11.4 Å². The van der Waals surface area contributed by atoms with Gasteiger partial charge in [0.1, 0.15) is 11.8 Å². The van der Waals surface area contributed by atoms with Crippen molar-refractivity contribution in [3.05, 3.63) is 63.2 Å². The molecule has 0 aliphatic carbocycles. The average molecular weight is 397 g/mol. The number of ether oxygens (including phenoxy) is 2. The van der Waals surface area contributed by atoms with E-state index < -0.39 is 23.4 Å². The number of nitro groups is 1. The molecule has 9 heteroatoms. The van der Waals surface area contributed by atoms with E-state index >= 15 is 0 Å². The number of nitrogens with one attached hydrogen (secondary N) is 1. The van der Waals surface area contributed by atoms with E-state index in [1.165, 1.54) is 6.07 Å². The van der Waals surface area contributed by atoms with Crippen molar-refractivity contribution in [2.24, 2.45) is 0 Å². The number of amides is 1. The summed E-state index contributed by atoms with van der Waals surface area (Å²) >= 11 is 0. The van der Waals surface area contributed by atoms with Gasteiger partial charge in [0.15, 0.2) is 6.61 Å². The zero-order valence-corrected chi connectivity index (χ0v) is 15.9. The minimum atomic E-state index is -0.667. The number of nitrogens with zero attached hydrogens (tertiary/aromatic N) is 2. The van der Waals surface area contributed by atoms with E-state index in [1.807, 2.05) is 32.0 Å². The number of nitro benzene ring substituents is 1. The van der Waals surface area contributed by atoms with Crippen LogP contribution < -0.4 is 10.1 Å². The van der Waals surface area contributed by atoms with Crippen LogP contribution >= 0.6 is 0 Å². The Labute approximate surface area is 167 Å². The number of non-ortho nitro benzene ring substituents is 1. The fourth-order valence-corrected chi connectivity index (χ4v) is 2.36. The van der Waals surface area contributed by atoms with Crippen LogP contribution in [-0.2, 0) is 14.3 Å². The maximum absolute atomic E-state index is 11.9. The maximum atomic E-state index is 11.9. The van der Waals surface area contributed by atoms with Crippen LogP contribution in [-0.4, -0.2) is 30.0 Å². The molecule has 2 aromatic rings. The molecule has 0 aromatic heterocycles. The third-order valence-electron chi connectivity index (χ3n) is 3.88. The van der Waals surface area contributed by atoms with Crippen molar-refractivity contribution in [1.82, 2.24) is 0 Å². The van der Waals surface area contributed by atoms with E-state index in [1.54, 1.807) is 6.07 Å². The van der Waals surface area contributed by atoms with E-state index in [9.17, 15) is 19.7 Å². The highest BCUT2D eigenvalue weighted by Crippen LogP contribution is 2.21. The summed E-state index contributed by atoms with van der Waals surface area (Å²) in [6.07, 6.45) is -0.0400. The summed E-state index contributed by atoms with van der Waals surface area (Å²) in [5.74, 6) is -0.605. The third-order valence-corrected chi connectivity index (χ3v) is 3.88. The van der Waals surface area contributed by atoms with Crippen molar-refractivity contribution in [3.8, 4) is 11.8 Å². The Balaban J connectivity index is 1.80. The first-order valence-electron chi connectivity index (χ1n) is 8.64. The molecule has 1 amide bonds. The molecule has 0 bridgehead atoms. The van der Waals surface area contributed by atoms with Gasteiger partial charge >= 0.3 is 5.97 Å². The van der Waals surface area contributed by atoms with Crippen molar-refractivity contribution in [3.63, 3.8) is 0 Å². The molecule has 2 aromatic carbocycles. The van der Waals surface area contributed by atoms with Crippen LogP contribution in [0.1, 0.15) is 23.1 Å². The lowest BCUT2D eigenvalue weighted by atomic mass is 10.1. The molecule has 0 fully saturated rings. The lowest BCUT2D eigenvalue weighted by molar-refractivity contribution is -0.384. The van der Waals surface area contributed by atoms with Gasteiger partial charge < -0.3 is 14.8 Å². The average Bonchev–Trinajstić information content (AvgIpc) is 2.69. The van der Waals surface area contributed by atoms with E-state index in [-0.39, 0.29) is 30.0 Å². The molecular formula is C20H19N3O6. The molecule has 0 spiro atoms. The van der Waals surface area contributed by atoms with Crippen LogP contribution in [0.5, 0.6) is 5.75 Å². The fraction of sp³-hybridized carbons (Fsp3) is 0.250. The Morgan fingerprint density at radius 2 is 1.97 bits per heavy atom. The summed E-state index contributed by atoms with van der Waals surface area (Å²) in [5.41, 5.74) is 1.74. The summed E-state index contributed by atoms with van der Waals surface area (Å²) in [5, 5.41) is 22.2. The van der Waals surface area contributed by atoms with Gasteiger partial charge in [0.2, 0.25) is 0 Å². The minimum absolute atomic E-state index is 0.0400. The van der Waals surface area contributed by atoms with Gasteiger partial charge in [0.25, 0.3) is 11.6 Å². The standard InChI is InChI=1S/C20H19N3O6/c1-13-3-4-14(2)18(9-13)28-8-7-20(25)29-12-19(24)22-17-6-5-16(23(26)27)10-15(17)11-21/h3-6,9-10H,7-8,12H2,1-2H3,(H,22,24). The molecule has 0 saturated carbocycles. The van der Waals surface area contributed by atoms with Crippen molar-refractivity contribution in [1.29, 1.82) is 5.26 Å². The molecule has 2 rings (SSSR count). The number of benzene rings is 2. The van der Waals surface area contributed by atoms with Crippen LogP contribution in [0.3, 0.4) is 0 Å². The van der Waals surface area contributed by atoms with Gasteiger partial charge in [0.05, 0.1) is 29.2 Å². The minimum Gasteiger partial charge on any atom is -0.493 e. The Bertz CT molecular complexity index is 981. The summed E-state index contributed by atoms with van der Waals surface area (Å²) in [6.45, 7) is 3.38. The molecule has 0 atom stereocenters. The molecule has 0 saturated heterocycles. The Morgan fingerprint density at radius 3 is 2.66 bits per heavy atom. The van der Waals surface area contributed by atoms with E-state index in [2.05, 4.69) is 5.32 Å². The van der Waals surface area contributed by atoms with Crippen LogP contribution in [0.25, 0.3) is 0 Å². The molecule has 1 N–H and O–H groups in total. The highest BCUT2D eigenvalue weighted by atomic mass is 16.6. The van der Waals surface area contributed by atoms with Crippen LogP contribution in [0, 0.1) is 35.3 Å². The van der Waals surface area contributed by atoms with Crippen molar-refractivity contribution >= 4 is 23.3 Å². The third kappa shape index (κ3) is 6.32. The number of carbonyl (C=O) groups is 2. The highest BCUT2D eigenvalue weighted by Gasteiger charge is 2.14. The topological polar surface area (TPSA) is 132 Å². The molecular weight excluding hydrogens is 378 g/mol. The molecule has 29 heavy (non-hydrogen) atoms. The van der Waals surface area contributed by atoms with Gasteiger partial charge in [-0.2, -0.15) is 5.26 Å². The molecule has 0 aliphatic heterocycles. The number of rotatable bonds is 8. The Kier molecular flexibility index (Phi) is 7.26.